The molecule has 0 atom stereocenters. The Balaban J connectivity index is 1.68. The van der Waals surface area contributed by atoms with E-state index in [2.05, 4.69) is 4.99 Å². The summed E-state index contributed by atoms with van der Waals surface area (Å²) in [5, 5.41) is 4.20. The molecule has 0 unspecified atom stereocenters. The maximum atomic E-state index is 13.1. The molecule has 0 saturated heterocycles. The zero-order chi connectivity index (χ0) is 22.1. The van der Waals surface area contributed by atoms with Crippen LogP contribution in [0, 0.1) is 0 Å². The molecule has 4 aromatic carbocycles. The maximum Gasteiger partial charge on any atom is 0.326 e. The standard InChI is InChI=1S/C26H20N2O3S/c1-2-31-23(29)16-28-22-14-13-18-8-5-6-10-21(18)24(22)32-26(28)27-25(30)20-12-11-17-7-3-4-9-19(17)15-20/h3-15H,2,16H2,1H3. The van der Waals surface area contributed by atoms with Crippen molar-refractivity contribution in [2.75, 3.05) is 6.61 Å². The largest absolute Gasteiger partial charge is 0.465 e. The van der Waals surface area contributed by atoms with Gasteiger partial charge in [-0.1, -0.05) is 72.0 Å². The molecule has 1 heterocycles. The van der Waals surface area contributed by atoms with Gasteiger partial charge in [-0.3, -0.25) is 9.59 Å². The van der Waals surface area contributed by atoms with Crippen molar-refractivity contribution < 1.29 is 14.3 Å². The average molecular weight is 441 g/mol. The summed E-state index contributed by atoms with van der Waals surface area (Å²) in [6.07, 6.45) is 0. The number of amides is 1. The number of fused-ring (bicyclic) bond motifs is 4. The van der Waals surface area contributed by atoms with Gasteiger partial charge < -0.3 is 9.30 Å². The molecule has 158 valence electrons. The van der Waals surface area contributed by atoms with Crippen LogP contribution >= 0.6 is 11.3 Å². The number of carbonyl (C=O) groups excluding carboxylic acids is 2. The average Bonchev–Trinajstić information content (AvgIpc) is 3.16. The predicted molar refractivity (Wildman–Crippen MR) is 128 cm³/mol. The SMILES string of the molecule is CCOC(=O)Cn1c(=NC(=O)c2ccc3ccccc3c2)sc2c3ccccc3ccc21. The number of hydrogen-bond acceptors (Lipinski definition) is 4. The summed E-state index contributed by atoms with van der Waals surface area (Å²) in [7, 11) is 0. The molecule has 0 aliphatic rings. The van der Waals surface area contributed by atoms with E-state index in [1.165, 1.54) is 11.3 Å². The number of ether oxygens (including phenoxy) is 1. The summed E-state index contributed by atoms with van der Waals surface area (Å²) in [5.41, 5.74) is 1.36. The first-order valence-corrected chi connectivity index (χ1v) is 11.2. The topological polar surface area (TPSA) is 60.7 Å². The highest BCUT2D eigenvalue weighted by atomic mass is 32.1. The van der Waals surface area contributed by atoms with E-state index in [9.17, 15) is 9.59 Å². The van der Waals surface area contributed by atoms with Gasteiger partial charge in [0, 0.05) is 10.9 Å². The van der Waals surface area contributed by atoms with Gasteiger partial charge in [-0.25, -0.2) is 0 Å². The van der Waals surface area contributed by atoms with Crippen LogP contribution < -0.4 is 4.80 Å². The van der Waals surface area contributed by atoms with E-state index < -0.39 is 0 Å². The van der Waals surface area contributed by atoms with E-state index in [-0.39, 0.29) is 18.4 Å². The monoisotopic (exact) mass is 440 g/mol. The van der Waals surface area contributed by atoms with Crippen molar-refractivity contribution in [3.05, 3.63) is 89.2 Å². The first-order chi connectivity index (χ1) is 15.6. The minimum absolute atomic E-state index is 0.00395. The smallest absolute Gasteiger partial charge is 0.326 e. The molecule has 5 aromatic rings. The van der Waals surface area contributed by atoms with Crippen LogP contribution in [0.2, 0.25) is 0 Å². The third-order valence-corrected chi connectivity index (χ3v) is 6.49. The van der Waals surface area contributed by atoms with E-state index >= 15 is 0 Å². The van der Waals surface area contributed by atoms with Gasteiger partial charge in [0.2, 0.25) is 0 Å². The molecule has 32 heavy (non-hydrogen) atoms. The van der Waals surface area contributed by atoms with Crippen molar-refractivity contribution in [3.8, 4) is 0 Å². The molecule has 1 aromatic heterocycles. The molecule has 5 nitrogen and oxygen atoms in total. The van der Waals surface area contributed by atoms with Crippen molar-refractivity contribution >= 4 is 55.0 Å². The van der Waals surface area contributed by atoms with Crippen LogP contribution in [-0.4, -0.2) is 23.1 Å². The molecule has 5 rings (SSSR count). The zero-order valence-electron chi connectivity index (χ0n) is 17.4. The van der Waals surface area contributed by atoms with E-state index in [1.807, 2.05) is 72.8 Å². The maximum absolute atomic E-state index is 13.1. The Morgan fingerprint density at radius 2 is 1.62 bits per heavy atom. The summed E-state index contributed by atoms with van der Waals surface area (Å²) in [6, 6.07) is 25.5. The van der Waals surface area contributed by atoms with E-state index in [0.29, 0.717) is 17.0 Å². The van der Waals surface area contributed by atoms with Crippen molar-refractivity contribution in [3.63, 3.8) is 0 Å². The van der Waals surface area contributed by atoms with Gasteiger partial charge in [-0.2, -0.15) is 4.99 Å². The van der Waals surface area contributed by atoms with Gasteiger partial charge in [-0.05, 0) is 41.3 Å². The zero-order valence-corrected chi connectivity index (χ0v) is 18.3. The third kappa shape index (κ3) is 3.69. The Morgan fingerprint density at radius 1 is 0.906 bits per heavy atom. The summed E-state index contributed by atoms with van der Waals surface area (Å²) < 4.78 is 7.91. The Labute approximate surface area is 188 Å². The van der Waals surface area contributed by atoms with Gasteiger partial charge in [-0.15, -0.1) is 0 Å². The van der Waals surface area contributed by atoms with Crippen LogP contribution in [0.25, 0.3) is 31.8 Å². The first kappa shape index (κ1) is 20.2. The lowest BCUT2D eigenvalue weighted by molar-refractivity contribution is -0.143. The number of thiazole rings is 1. The van der Waals surface area contributed by atoms with Crippen LogP contribution in [0.15, 0.2) is 83.9 Å². The molecule has 0 fully saturated rings. The molecule has 0 bridgehead atoms. The van der Waals surface area contributed by atoms with Gasteiger partial charge in [0.1, 0.15) is 6.54 Å². The third-order valence-electron chi connectivity index (χ3n) is 5.36. The highest BCUT2D eigenvalue weighted by molar-refractivity contribution is 7.17. The van der Waals surface area contributed by atoms with Gasteiger partial charge in [0.05, 0.1) is 16.8 Å². The number of hydrogen-bond donors (Lipinski definition) is 0. The second-order valence-corrected chi connectivity index (χ2v) is 8.37. The lowest BCUT2D eigenvalue weighted by Crippen LogP contribution is -2.23. The molecular weight excluding hydrogens is 420 g/mol. The molecule has 1 amide bonds. The van der Waals surface area contributed by atoms with Crippen LogP contribution in [0.4, 0.5) is 0 Å². The lowest BCUT2D eigenvalue weighted by atomic mass is 10.1. The van der Waals surface area contributed by atoms with Gasteiger partial charge in [0.25, 0.3) is 5.91 Å². The minimum atomic E-state index is -0.361. The van der Waals surface area contributed by atoms with Gasteiger partial charge >= 0.3 is 5.97 Å². The van der Waals surface area contributed by atoms with Crippen molar-refractivity contribution in [1.82, 2.24) is 4.57 Å². The number of aromatic nitrogens is 1. The fourth-order valence-corrected chi connectivity index (χ4v) is 5.01. The minimum Gasteiger partial charge on any atom is -0.465 e. The summed E-state index contributed by atoms with van der Waals surface area (Å²) in [5.74, 6) is -0.704. The number of rotatable bonds is 4. The normalized spacial score (nSPS) is 12.0. The Morgan fingerprint density at radius 3 is 2.44 bits per heavy atom. The van der Waals surface area contributed by atoms with Gasteiger partial charge in [0.15, 0.2) is 4.80 Å². The van der Waals surface area contributed by atoms with Crippen molar-refractivity contribution in [2.24, 2.45) is 4.99 Å². The van der Waals surface area contributed by atoms with Crippen LogP contribution in [0.5, 0.6) is 0 Å². The lowest BCUT2D eigenvalue weighted by Gasteiger charge is -2.06. The fourth-order valence-electron chi connectivity index (χ4n) is 3.85. The summed E-state index contributed by atoms with van der Waals surface area (Å²) in [6.45, 7) is 2.07. The van der Waals surface area contributed by atoms with E-state index in [1.54, 1.807) is 17.6 Å². The quantitative estimate of drug-likeness (QED) is 0.356. The van der Waals surface area contributed by atoms with Crippen molar-refractivity contribution in [1.29, 1.82) is 0 Å². The number of nitrogens with zero attached hydrogens (tertiary/aromatic N) is 2. The molecule has 0 N–H and O–H groups in total. The van der Waals surface area contributed by atoms with Crippen LogP contribution in [0.1, 0.15) is 17.3 Å². The highest BCUT2D eigenvalue weighted by Crippen LogP contribution is 2.28. The fraction of sp³-hybridized carbons (Fsp3) is 0.115. The van der Waals surface area contributed by atoms with Crippen LogP contribution in [0.3, 0.4) is 0 Å². The molecule has 0 radical (unpaired) electrons. The van der Waals surface area contributed by atoms with E-state index in [0.717, 1.165) is 31.8 Å². The second-order valence-electron chi connectivity index (χ2n) is 7.39. The number of benzene rings is 4. The van der Waals surface area contributed by atoms with E-state index in [4.69, 9.17) is 4.74 Å². The highest BCUT2D eigenvalue weighted by Gasteiger charge is 2.15. The number of carbonyl (C=O) groups is 2. The van der Waals surface area contributed by atoms with Crippen LogP contribution in [-0.2, 0) is 16.1 Å². The molecule has 6 heteroatoms. The predicted octanol–water partition coefficient (Wildman–Crippen LogP) is 5.31. The summed E-state index contributed by atoms with van der Waals surface area (Å²) >= 11 is 1.41. The molecule has 0 aliphatic carbocycles. The molecule has 0 saturated carbocycles. The Kier molecular flexibility index (Phi) is 5.29. The Bertz CT molecular complexity index is 1560. The molecule has 0 spiro atoms. The summed E-state index contributed by atoms with van der Waals surface area (Å²) in [4.78, 5) is 30.3. The number of esters is 1. The first-order valence-electron chi connectivity index (χ1n) is 10.4. The molecule has 0 aliphatic heterocycles. The second kappa shape index (κ2) is 8.40. The molecular formula is C26H20N2O3S. The van der Waals surface area contributed by atoms with Crippen molar-refractivity contribution in [2.45, 2.75) is 13.5 Å². The Hall–Kier alpha value is -3.77.